The molecule has 8 heteroatoms. The second-order valence-electron chi connectivity index (χ2n) is 8.35. The van der Waals surface area contributed by atoms with E-state index in [4.69, 9.17) is 16.3 Å². The highest BCUT2D eigenvalue weighted by molar-refractivity contribution is 6.31. The molecule has 3 aromatic carbocycles. The van der Waals surface area contributed by atoms with E-state index >= 15 is 0 Å². The third-order valence-corrected chi connectivity index (χ3v) is 6.48. The summed E-state index contributed by atoms with van der Waals surface area (Å²) in [5, 5.41) is 6.29. The highest BCUT2D eigenvalue weighted by Crippen LogP contribution is 2.32. The lowest BCUT2D eigenvalue weighted by Crippen LogP contribution is -2.29. The van der Waals surface area contributed by atoms with Gasteiger partial charge in [-0.3, -0.25) is 14.4 Å². The zero-order valence-electron chi connectivity index (χ0n) is 19.5. The molecule has 3 aromatic rings. The molecule has 1 aliphatic rings. The maximum Gasteiger partial charge on any atom is 0.253 e. The highest BCUT2D eigenvalue weighted by Gasteiger charge is 2.36. The molecular weight excluding hydrogens is 466 g/mol. The summed E-state index contributed by atoms with van der Waals surface area (Å²) < 4.78 is 5.15. The van der Waals surface area contributed by atoms with Gasteiger partial charge in [0.2, 0.25) is 11.8 Å². The van der Waals surface area contributed by atoms with Crippen molar-refractivity contribution in [2.24, 2.45) is 5.92 Å². The Balaban J connectivity index is 1.42. The fraction of sp³-hybridized carbons (Fsp3) is 0.222. The fourth-order valence-electron chi connectivity index (χ4n) is 4.05. The van der Waals surface area contributed by atoms with Gasteiger partial charge < -0.3 is 20.3 Å². The Morgan fingerprint density at radius 1 is 1.06 bits per heavy atom. The minimum atomic E-state index is -0.545. The standard InChI is InChI=1S/C27H26ClN3O4/c1-17-22(28)7-5-9-24(17)31-16-19(14-25(31)32)26(33)30-23-8-4-3-6-21(23)27(34)29-15-18-10-12-20(35-2)13-11-18/h3-13,19H,14-16H2,1-2H3,(H,29,34)(H,30,33)/t19-/m0/s1. The second kappa shape index (κ2) is 10.6. The molecule has 0 spiro atoms. The minimum absolute atomic E-state index is 0.0869. The number of carbonyl (C=O) groups excluding carboxylic acids is 3. The first-order valence-corrected chi connectivity index (χ1v) is 11.6. The number of para-hydroxylation sites is 1. The van der Waals surface area contributed by atoms with Gasteiger partial charge in [0.25, 0.3) is 5.91 Å². The van der Waals surface area contributed by atoms with E-state index < -0.39 is 5.92 Å². The van der Waals surface area contributed by atoms with Crippen LogP contribution in [0.1, 0.15) is 27.9 Å². The normalized spacial score (nSPS) is 15.1. The van der Waals surface area contributed by atoms with E-state index in [1.54, 1.807) is 48.4 Å². The largest absolute Gasteiger partial charge is 0.497 e. The average Bonchev–Trinajstić information content (AvgIpc) is 3.26. The van der Waals surface area contributed by atoms with Crippen LogP contribution in [0.25, 0.3) is 0 Å². The van der Waals surface area contributed by atoms with E-state index in [-0.39, 0.29) is 30.7 Å². The van der Waals surface area contributed by atoms with Crippen molar-refractivity contribution < 1.29 is 19.1 Å². The van der Waals surface area contributed by atoms with Gasteiger partial charge in [0.05, 0.1) is 24.3 Å². The Morgan fingerprint density at radius 3 is 2.54 bits per heavy atom. The molecular formula is C27H26ClN3O4. The molecule has 3 amide bonds. The predicted octanol–water partition coefficient (Wildman–Crippen LogP) is 4.58. The van der Waals surface area contributed by atoms with Crippen LogP contribution in [0.15, 0.2) is 66.7 Å². The molecule has 35 heavy (non-hydrogen) atoms. The molecule has 1 heterocycles. The van der Waals surface area contributed by atoms with Crippen molar-refractivity contribution in [1.82, 2.24) is 5.32 Å². The molecule has 4 rings (SSSR count). The predicted molar refractivity (Wildman–Crippen MR) is 136 cm³/mol. The lowest BCUT2D eigenvalue weighted by Gasteiger charge is -2.20. The van der Waals surface area contributed by atoms with Gasteiger partial charge in [-0.2, -0.15) is 0 Å². The Morgan fingerprint density at radius 2 is 1.80 bits per heavy atom. The van der Waals surface area contributed by atoms with E-state index in [2.05, 4.69) is 10.6 Å². The van der Waals surface area contributed by atoms with Crippen LogP contribution in [0.3, 0.4) is 0 Å². The molecule has 7 nitrogen and oxygen atoms in total. The lowest BCUT2D eigenvalue weighted by atomic mass is 10.1. The summed E-state index contributed by atoms with van der Waals surface area (Å²) in [5.74, 6) is -0.564. The molecule has 1 fully saturated rings. The van der Waals surface area contributed by atoms with Crippen LogP contribution in [0.2, 0.25) is 5.02 Å². The molecule has 0 aliphatic carbocycles. The summed E-state index contributed by atoms with van der Waals surface area (Å²) in [7, 11) is 1.60. The number of methoxy groups -OCH3 is 1. The fourth-order valence-corrected chi connectivity index (χ4v) is 4.22. The Labute approximate surface area is 209 Å². The minimum Gasteiger partial charge on any atom is -0.497 e. The van der Waals surface area contributed by atoms with Crippen LogP contribution in [-0.4, -0.2) is 31.4 Å². The van der Waals surface area contributed by atoms with Crippen molar-refractivity contribution in [3.05, 3.63) is 88.4 Å². The van der Waals surface area contributed by atoms with Gasteiger partial charge in [-0.1, -0.05) is 41.9 Å². The molecule has 0 unspecified atom stereocenters. The van der Waals surface area contributed by atoms with E-state index in [0.717, 1.165) is 16.9 Å². The number of nitrogens with zero attached hydrogens (tertiary/aromatic N) is 1. The number of carbonyl (C=O) groups is 3. The third-order valence-electron chi connectivity index (χ3n) is 6.07. The number of benzene rings is 3. The number of ether oxygens (including phenoxy) is 1. The number of halogens is 1. The van der Waals surface area contributed by atoms with Crippen LogP contribution in [0.4, 0.5) is 11.4 Å². The molecule has 0 saturated carbocycles. The summed E-state index contributed by atoms with van der Waals surface area (Å²) in [4.78, 5) is 40.2. The van der Waals surface area contributed by atoms with Crippen LogP contribution in [0, 0.1) is 12.8 Å². The molecule has 0 aromatic heterocycles. The molecule has 1 saturated heterocycles. The van der Waals surface area contributed by atoms with Crippen LogP contribution >= 0.6 is 11.6 Å². The van der Waals surface area contributed by atoms with Gasteiger partial charge in [-0.15, -0.1) is 0 Å². The molecule has 1 aliphatic heterocycles. The summed E-state index contributed by atoms with van der Waals surface area (Å²) >= 11 is 6.21. The van der Waals surface area contributed by atoms with Gasteiger partial charge in [0.15, 0.2) is 0 Å². The lowest BCUT2D eigenvalue weighted by molar-refractivity contribution is -0.122. The van der Waals surface area contributed by atoms with Gasteiger partial charge in [0, 0.05) is 30.2 Å². The molecule has 1 atom stereocenters. The van der Waals surface area contributed by atoms with Crippen LogP contribution < -0.4 is 20.3 Å². The van der Waals surface area contributed by atoms with Gasteiger partial charge in [-0.25, -0.2) is 0 Å². The van der Waals surface area contributed by atoms with Gasteiger partial charge >= 0.3 is 0 Å². The Bertz CT molecular complexity index is 1260. The van der Waals surface area contributed by atoms with Crippen molar-refractivity contribution in [3.63, 3.8) is 0 Å². The first-order chi connectivity index (χ1) is 16.9. The first kappa shape index (κ1) is 24.3. The van der Waals surface area contributed by atoms with E-state index in [9.17, 15) is 14.4 Å². The summed E-state index contributed by atoms with van der Waals surface area (Å²) in [6.45, 7) is 2.42. The van der Waals surface area contributed by atoms with Crippen molar-refractivity contribution in [2.45, 2.75) is 19.9 Å². The summed E-state index contributed by atoms with van der Waals surface area (Å²) in [5.41, 5.74) is 3.16. The molecule has 0 radical (unpaired) electrons. The van der Waals surface area contributed by atoms with Gasteiger partial charge in [-0.05, 0) is 54.4 Å². The van der Waals surface area contributed by atoms with Crippen LogP contribution in [-0.2, 0) is 16.1 Å². The number of amides is 3. The summed E-state index contributed by atoms with van der Waals surface area (Å²) in [6.07, 6.45) is 0.0869. The van der Waals surface area contributed by atoms with Crippen molar-refractivity contribution in [1.29, 1.82) is 0 Å². The quantitative estimate of drug-likeness (QED) is 0.506. The van der Waals surface area contributed by atoms with Gasteiger partial charge in [0.1, 0.15) is 5.75 Å². The Hall–Kier alpha value is -3.84. The zero-order chi connectivity index (χ0) is 24.9. The number of hydrogen-bond donors (Lipinski definition) is 2. The van der Waals surface area contributed by atoms with Crippen molar-refractivity contribution in [2.75, 3.05) is 23.9 Å². The number of anilines is 2. The van der Waals surface area contributed by atoms with E-state index in [0.29, 0.717) is 28.5 Å². The second-order valence-corrected chi connectivity index (χ2v) is 8.76. The monoisotopic (exact) mass is 491 g/mol. The number of nitrogens with one attached hydrogen (secondary N) is 2. The highest BCUT2D eigenvalue weighted by atomic mass is 35.5. The van der Waals surface area contributed by atoms with Crippen molar-refractivity contribution in [3.8, 4) is 5.75 Å². The molecule has 2 N–H and O–H groups in total. The van der Waals surface area contributed by atoms with Crippen molar-refractivity contribution >= 4 is 40.7 Å². The zero-order valence-corrected chi connectivity index (χ0v) is 20.3. The average molecular weight is 492 g/mol. The molecule has 0 bridgehead atoms. The number of hydrogen-bond acceptors (Lipinski definition) is 4. The van der Waals surface area contributed by atoms with E-state index in [1.807, 2.05) is 37.3 Å². The third kappa shape index (κ3) is 5.46. The topological polar surface area (TPSA) is 87.7 Å². The smallest absolute Gasteiger partial charge is 0.253 e. The van der Waals surface area contributed by atoms with E-state index in [1.165, 1.54) is 0 Å². The summed E-state index contributed by atoms with van der Waals surface area (Å²) in [6, 6.07) is 19.6. The maximum atomic E-state index is 13.0. The Kier molecular flexibility index (Phi) is 7.36. The first-order valence-electron chi connectivity index (χ1n) is 11.2. The SMILES string of the molecule is COc1ccc(CNC(=O)c2ccccc2NC(=O)[C@H]2CC(=O)N(c3cccc(Cl)c3C)C2)cc1. The number of rotatable bonds is 7. The molecule has 180 valence electrons. The van der Waals surface area contributed by atoms with Crippen LogP contribution in [0.5, 0.6) is 5.75 Å². The maximum absolute atomic E-state index is 13.0.